The number of hydrazine groups is 1. The Labute approximate surface area is 247 Å². The van der Waals surface area contributed by atoms with Crippen molar-refractivity contribution in [1.29, 1.82) is 0 Å². The maximum absolute atomic E-state index is 13.7. The van der Waals surface area contributed by atoms with E-state index in [1.165, 1.54) is 16.2 Å². The molecule has 6 rings (SSSR count). The fourth-order valence-corrected chi connectivity index (χ4v) is 6.51. The average molecular weight is 618 g/mol. The zero-order valence-electron chi connectivity index (χ0n) is 22.3. The van der Waals surface area contributed by atoms with Crippen LogP contribution in [0.15, 0.2) is 36.7 Å². The maximum Gasteiger partial charge on any atom is 0.333 e. The third kappa shape index (κ3) is 5.02. The first-order valence-corrected chi connectivity index (χ1v) is 14.6. The number of nitrogens with one attached hydrogen (secondary N) is 2. The van der Waals surface area contributed by atoms with E-state index in [4.69, 9.17) is 11.6 Å². The first kappa shape index (κ1) is 28.2. The lowest BCUT2D eigenvalue weighted by Crippen LogP contribution is -2.48. The summed E-state index contributed by atoms with van der Waals surface area (Å²) in [5.41, 5.74) is 1.01. The lowest BCUT2D eigenvalue weighted by Gasteiger charge is -2.28. The van der Waals surface area contributed by atoms with E-state index in [2.05, 4.69) is 20.7 Å². The summed E-state index contributed by atoms with van der Waals surface area (Å²) in [5.74, 6) is -2.37. The number of carbonyl (C=O) groups is 4. The lowest BCUT2D eigenvalue weighted by molar-refractivity contribution is -0.145. The second-order valence-corrected chi connectivity index (χ2v) is 12.1. The molecule has 2 fully saturated rings. The van der Waals surface area contributed by atoms with Gasteiger partial charge in [-0.05, 0) is 30.9 Å². The van der Waals surface area contributed by atoms with Gasteiger partial charge in [-0.25, -0.2) is 19.7 Å². The van der Waals surface area contributed by atoms with E-state index in [9.17, 15) is 28.0 Å². The minimum atomic E-state index is -2.82. The molecule has 1 aromatic carbocycles. The number of thiazole rings is 1. The number of hydrogen-bond acceptors (Lipinski definition) is 7. The molecule has 4 amide bonds. The number of hydrogen-bond donors (Lipinski definition) is 2. The Morgan fingerprint density at radius 2 is 1.93 bits per heavy atom. The van der Waals surface area contributed by atoms with Gasteiger partial charge in [-0.15, -0.1) is 11.3 Å². The predicted octanol–water partition coefficient (Wildman–Crippen LogP) is 3.66. The Balaban J connectivity index is 1.15. The van der Waals surface area contributed by atoms with E-state index in [0.717, 1.165) is 30.4 Å². The van der Waals surface area contributed by atoms with Crippen molar-refractivity contribution < 1.29 is 28.0 Å². The van der Waals surface area contributed by atoms with Crippen molar-refractivity contribution in [3.8, 4) is 10.6 Å². The Bertz CT molecular complexity index is 1590. The average Bonchev–Trinajstić information content (AvgIpc) is 3.30. The number of alkyl halides is 2. The van der Waals surface area contributed by atoms with Crippen LogP contribution in [0.3, 0.4) is 0 Å². The highest BCUT2D eigenvalue weighted by Crippen LogP contribution is 2.52. The topological polar surface area (TPSA) is 130 Å². The molecular formula is C27H26ClF2N7O4S. The minimum absolute atomic E-state index is 0.0567. The summed E-state index contributed by atoms with van der Waals surface area (Å²) in [5, 5.41) is 12.2. The van der Waals surface area contributed by atoms with Crippen LogP contribution in [0.25, 0.3) is 10.6 Å². The van der Waals surface area contributed by atoms with Crippen LogP contribution in [0.4, 0.5) is 8.78 Å². The van der Waals surface area contributed by atoms with Gasteiger partial charge < -0.3 is 10.6 Å². The summed E-state index contributed by atoms with van der Waals surface area (Å²) in [6.45, 7) is -0.187. The van der Waals surface area contributed by atoms with E-state index >= 15 is 0 Å². The van der Waals surface area contributed by atoms with Crippen molar-refractivity contribution in [3.63, 3.8) is 0 Å². The summed E-state index contributed by atoms with van der Waals surface area (Å²) in [7, 11) is 0. The Kier molecular flexibility index (Phi) is 7.21. The van der Waals surface area contributed by atoms with E-state index < -0.39 is 30.3 Å². The van der Waals surface area contributed by atoms with Crippen molar-refractivity contribution in [2.75, 3.05) is 19.6 Å². The van der Waals surface area contributed by atoms with E-state index in [1.54, 1.807) is 31.2 Å². The normalized spacial score (nSPS) is 19.5. The smallest absolute Gasteiger partial charge is 0.333 e. The van der Waals surface area contributed by atoms with Gasteiger partial charge in [0, 0.05) is 29.3 Å². The van der Waals surface area contributed by atoms with Crippen LogP contribution in [0.2, 0.25) is 5.15 Å². The molecule has 0 radical (unpaired) electrons. The van der Waals surface area contributed by atoms with Crippen molar-refractivity contribution in [2.45, 2.75) is 38.8 Å². The number of nitrogens with zero attached hydrogens (tertiary/aromatic N) is 5. The van der Waals surface area contributed by atoms with Gasteiger partial charge in [-0.3, -0.25) is 19.2 Å². The highest BCUT2D eigenvalue weighted by Gasteiger charge is 2.56. The van der Waals surface area contributed by atoms with E-state index in [1.807, 2.05) is 0 Å². The lowest BCUT2D eigenvalue weighted by atomic mass is 9.97. The first-order valence-electron chi connectivity index (χ1n) is 13.4. The van der Waals surface area contributed by atoms with E-state index in [-0.39, 0.29) is 44.4 Å². The van der Waals surface area contributed by atoms with Gasteiger partial charge in [-0.2, -0.15) is 13.9 Å². The van der Waals surface area contributed by atoms with Gasteiger partial charge in [0.25, 0.3) is 17.7 Å². The van der Waals surface area contributed by atoms with Gasteiger partial charge in [-0.1, -0.05) is 36.7 Å². The zero-order valence-corrected chi connectivity index (χ0v) is 23.9. The van der Waals surface area contributed by atoms with Crippen LogP contribution in [0.1, 0.15) is 64.4 Å². The third-order valence-corrected chi connectivity index (χ3v) is 9.45. The molecule has 42 heavy (non-hydrogen) atoms. The highest BCUT2D eigenvalue weighted by atomic mass is 35.5. The number of aromatic nitrogens is 3. The summed E-state index contributed by atoms with van der Waals surface area (Å²) in [6, 6.07) is 5.71. The van der Waals surface area contributed by atoms with Gasteiger partial charge in [0.15, 0.2) is 5.15 Å². The van der Waals surface area contributed by atoms with Gasteiger partial charge in [0.05, 0.1) is 25.2 Å². The fourth-order valence-electron chi connectivity index (χ4n) is 5.33. The molecule has 220 valence electrons. The van der Waals surface area contributed by atoms with Crippen LogP contribution in [0, 0.1) is 11.3 Å². The molecule has 15 heteroatoms. The molecule has 2 aromatic heterocycles. The van der Waals surface area contributed by atoms with Crippen molar-refractivity contribution >= 4 is 46.6 Å². The first-order chi connectivity index (χ1) is 20.1. The molecule has 1 saturated heterocycles. The number of benzene rings is 1. The van der Waals surface area contributed by atoms with Gasteiger partial charge in [0.2, 0.25) is 5.91 Å². The minimum Gasteiger partial charge on any atom is -0.350 e. The predicted molar refractivity (Wildman–Crippen MR) is 147 cm³/mol. The molecule has 2 atom stereocenters. The molecule has 1 aliphatic carbocycles. The van der Waals surface area contributed by atoms with E-state index in [0.29, 0.717) is 35.3 Å². The van der Waals surface area contributed by atoms with Gasteiger partial charge >= 0.3 is 6.55 Å². The monoisotopic (exact) mass is 617 g/mol. The summed E-state index contributed by atoms with van der Waals surface area (Å²) in [6.07, 6.45) is 4.54. The molecule has 1 saturated carbocycles. The number of fused-ring (bicyclic) bond motifs is 2. The number of carbonyl (C=O) groups excluding carboxylic acids is 4. The molecule has 0 bridgehead atoms. The quantitative estimate of drug-likeness (QED) is 0.397. The molecule has 4 heterocycles. The summed E-state index contributed by atoms with van der Waals surface area (Å²) >= 11 is 7.08. The standard InChI is InChI=1S/C27H26ClF2N7O4S/c1-2-14(9-31-22(39)19-20(28)34-23(42-19)15-10-32-35(11-15)26(29)30)21(38)33-18-16-5-3-4-6-17(16)24(40)36-12-27(7-8-27)13-37(36)25(18)41/h3-6,10-11,14,18,26H,2,7-9,12-13H2,1H3,(H,31,39)(H,33,38)/t14-,18+/m1/s1. The van der Waals surface area contributed by atoms with Crippen LogP contribution in [0.5, 0.6) is 0 Å². The third-order valence-electron chi connectivity index (χ3n) is 7.96. The highest BCUT2D eigenvalue weighted by molar-refractivity contribution is 7.17. The molecule has 2 N–H and O–H groups in total. The largest absolute Gasteiger partial charge is 0.350 e. The molecule has 1 spiro atoms. The fraction of sp³-hybridized carbons (Fsp3) is 0.407. The summed E-state index contributed by atoms with van der Waals surface area (Å²) < 4.78 is 26.2. The Hall–Kier alpha value is -3.91. The Morgan fingerprint density at radius 3 is 2.62 bits per heavy atom. The van der Waals surface area contributed by atoms with Crippen molar-refractivity contribution in [3.05, 3.63) is 57.8 Å². The van der Waals surface area contributed by atoms with Crippen molar-refractivity contribution in [2.24, 2.45) is 11.3 Å². The molecule has 11 nitrogen and oxygen atoms in total. The van der Waals surface area contributed by atoms with Crippen LogP contribution >= 0.6 is 22.9 Å². The number of rotatable bonds is 8. The molecule has 2 aliphatic heterocycles. The SMILES string of the molecule is CC[C@H](CNC(=O)c1sc(-c2cnn(C(F)F)c2)nc1Cl)C(=O)N[C@@H]1C(=O)N2CC3(CC3)CN2C(=O)c2ccccc21. The Morgan fingerprint density at radius 1 is 1.19 bits per heavy atom. The maximum atomic E-state index is 13.7. The van der Waals surface area contributed by atoms with Crippen LogP contribution in [-0.4, -0.2) is 68.0 Å². The van der Waals surface area contributed by atoms with Crippen molar-refractivity contribution in [1.82, 2.24) is 35.4 Å². The zero-order chi connectivity index (χ0) is 29.8. The van der Waals surface area contributed by atoms with Gasteiger partial charge in [0.1, 0.15) is 15.9 Å². The summed E-state index contributed by atoms with van der Waals surface area (Å²) in [4.78, 5) is 57.6. The molecule has 3 aromatic rings. The molecule has 3 aliphatic rings. The second kappa shape index (κ2) is 10.7. The van der Waals surface area contributed by atoms with Crippen LogP contribution < -0.4 is 10.6 Å². The molecular weight excluding hydrogens is 592 g/mol. The second-order valence-electron chi connectivity index (χ2n) is 10.7. The number of halogens is 3. The van der Waals surface area contributed by atoms with Crippen LogP contribution in [-0.2, 0) is 9.59 Å². The molecule has 0 unspecified atom stereocenters. The number of amides is 4.